The molecule has 6 heteroatoms. The molecule has 3 N–H and O–H groups in total. The Kier molecular flexibility index (Phi) is 3.71. The molecule has 1 aromatic carbocycles. The highest BCUT2D eigenvalue weighted by Gasteiger charge is 2.27. The third kappa shape index (κ3) is 2.95. The van der Waals surface area contributed by atoms with Crippen LogP contribution >= 0.6 is 15.9 Å². The molecule has 0 spiro atoms. The van der Waals surface area contributed by atoms with Crippen LogP contribution < -0.4 is 15.8 Å². The number of ether oxygens (including phenoxy) is 1. The highest BCUT2D eigenvalue weighted by atomic mass is 79.9. The first kappa shape index (κ1) is 14.1. The summed E-state index contributed by atoms with van der Waals surface area (Å²) in [6.07, 6.45) is 2.30. The van der Waals surface area contributed by atoms with Crippen LogP contribution in [0.15, 0.2) is 22.7 Å². The van der Waals surface area contributed by atoms with Gasteiger partial charge in [-0.05, 0) is 53.9 Å². The standard InChI is InChI=1S/C15H17BrN4O/c1-8-13(17)19-15(9-3-4-9)20-14(8)18-10-5-6-12(21-2)11(16)7-10/h5-7,9H,3-4H2,1-2H3,(H3,17,18,19,20). The normalized spacial score (nSPS) is 14.0. The van der Waals surface area contributed by atoms with Gasteiger partial charge in [-0.15, -0.1) is 0 Å². The van der Waals surface area contributed by atoms with E-state index in [9.17, 15) is 0 Å². The Hall–Kier alpha value is -1.82. The maximum Gasteiger partial charge on any atom is 0.139 e. The molecule has 0 radical (unpaired) electrons. The molecule has 1 fully saturated rings. The van der Waals surface area contributed by atoms with Crippen molar-refractivity contribution in [3.05, 3.63) is 34.1 Å². The highest BCUT2D eigenvalue weighted by Crippen LogP contribution is 2.39. The minimum atomic E-state index is 0.469. The Balaban J connectivity index is 1.91. The van der Waals surface area contributed by atoms with Crippen LogP contribution in [0.1, 0.15) is 30.1 Å². The second-order valence-electron chi connectivity index (χ2n) is 5.19. The number of anilines is 3. The largest absolute Gasteiger partial charge is 0.496 e. The summed E-state index contributed by atoms with van der Waals surface area (Å²) in [5.41, 5.74) is 7.78. The summed E-state index contributed by atoms with van der Waals surface area (Å²) < 4.78 is 6.12. The van der Waals surface area contributed by atoms with Crippen molar-refractivity contribution in [1.29, 1.82) is 0 Å². The molecule has 0 amide bonds. The van der Waals surface area contributed by atoms with Gasteiger partial charge in [0.25, 0.3) is 0 Å². The van der Waals surface area contributed by atoms with Crippen molar-refractivity contribution in [3.63, 3.8) is 0 Å². The average Bonchev–Trinajstić information content (AvgIpc) is 3.28. The van der Waals surface area contributed by atoms with Crippen molar-refractivity contribution in [2.45, 2.75) is 25.7 Å². The lowest BCUT2D eigenvalue weighted by Gasteiger charge is -2.13. The van der Waals surface area contributed by atoms with Gasteiger partial charge in [0.2, 0.25) is 0 Å². The lowest BCUT2D eigenvalue weighted by Crippen LogP contribution is -2.06. The third-order valence-corrected chi connectivity index (χ3v) is 4.18. The lowest BCUT2D eigenvalue weighted by atomic mass is 10.2. The predicted molar refractivity (Wildman–Crippen MR) is 87.1 cm³/mol. The van der Waals surface area contributed by atoms with Gasteiger partial charge in [-0.1, -0.05) is 0 Å². The molecule has 3 rings (SSSR count). The maximum absolute atomic E-state index is 6.00. The molecule has 1 aliphatic rings. The van der Waals surface area contributed by atoms with Crippen LogP contribution in [-0.4, -0.2) is 17.1 Å². The van der Waals surface area contributed by atoms with Gasteiger partial charge in [0.1, 0.15) is 23.2 Å². The number of hydrogen-bond donors (Lipinski definition) is 2. The number of nitrogens with zero attached hydrogens (tertiary/aromatic N) is 2. The summed E-state index contributed by atoms with van der Waals surface area (Å²) in [4.78, 5) is 8.99. The zero-order valence-corrected chi connectivity index (χ0v) is 13.6. The van der Waals surface area contributed by atoms with Gasteiger partial charge < -0.3 is 15.8 Å². The number of nitrogens with two attached hydrogens (primary N) is 1. The molecule has 110 valence electrons. The zero-order chi connectivity index (χ0) is 15.0. The predicted octanol–water partition coefficient (Wildman–Crippen LogP) is 3.76. The van der Waals surface area contributed by atoms with E-state index in [4.69, 9.17) is 10.5 Å². The van der Waals surface area contributed by atoms with E-state index < -0.39 is 0 Å². The number of halogens is 1. The van der Waals surface area contributed by atoms with Crippen LogP contribution in [0.3, 0.4) is 0 Å². The van der Waals surface area contributed by atoms with Gasteiger partial charge in [-0.25, -0.2) is 9.97 Å². The molecule has 1 aliphatic carbocycles. The van der Waals surface area contributed by atoms with Crippen LogP contribution in [-0.2, 0) is 0 Å². The monoisotopic (exact) mass is 348 g/mol. The number of hydrogen-bond acceptors (Lipinski definition) is 5. The maximum atomic E-state index is 6.00. The summed E-state index contributed by atoms with van der Waals surface area (Å²) in [5.74, 6) is 3.41. The van der Waals surface area contributed by atoms with Gasteiger partial charge in [0.05, 0.1) is 11.6 Å². The number of benzene rings is 1. The molecule has 1 heterocycles. The fourth-order valence-electron chi connectivity index (χ4n) is 2.08. The van der Waals surface area contributed by atoms with Crippen LogP contribution in [0, 0.1) is 6.92 Å². The van der Waals surface area contributed by atoms with E-state index in [1.54, 1.807) is 7.11 Å². The second-order valence-corrected chi connectivity index (χ2v) is 6.04. The fraction of sp³-hybridized carbons (Fsp3) is 0.333. The fourth-order valence-corrected chi connectivity index (χ4v) is 2.62. The lowest BCUT2D eigenvalue weighted by molar-refractivity contribution is 0.412. The zero-order valence-electron chi connectivity index (χ0n) is 12.0. The highest BCUT2D eigenvalue weighted by molar-refractivity contribution is 9.10. The van der Waals surface area contributed by atoms with Crippen molar-refractivity contribution in [3.8, 4) is 5.75 Å². The van der Waals surface area contributed by atoms with E-state index in [1.807, 2.05) is 25.1 Å². The molecule has 0 unspecified atom stereocenters. The van der Waals surface area contributed by atoms with Gasteiger partial charge >= 0.3 is 0 Å². The van der Waals surface area contributed by atoms with Gasteiger partial charge in [-0.2, -0.15) is 0 Å². The first-order chi connectivity index (χ1) is 10.1. The van der Waals surface area contributed by atoms with Crippen LogP contribution in [0.2, 0.25) is 0 Å². The molecule has 1 saturated carbocycles. The quantitative estimate of drug-likeness (QED) is 0.879. The number of rotatable bonds is 4. The topological polar surface area (TPSA) is 73.1 Å². The van der Waals surface area contributed by atoms with Gasteiger partial charge in [-0.3, -0.25) is 0 Å². The van der Waals surface area contributed by atoms with Crippen molar-refractivity contribution in [2.75, 3.05) is 18.2 Å². The Morgan fingerprint density at radius 2 is 2.10 bits per heavy atom. The number of nitrogen functional groups attached to an aromatic ring is 1. The molecule has 0 saturated heterocycles. The van der Waals surface area contributed by atoms with E-state index in [2.05, 4.69) is 31.2 Å². The van der Waals surface area contributed by atoms with Crippen molar-refractivity contribution >= 4 is 33.3 Å². The molecule has 5 nitrogen and oxygen atoms in total. The van der Waals surface area contributed by atoms with E-state index in [1.165, 1.54) is 0 Å². The molecular formula is C15H17BrN4O. The molecule has 0 atom stereocenters. The molecular weight excluding hydrogens is 332 g/mol. The van der Waals surface area contributed by atoms with Crippen molar-refractivity contribution in [1.82, 2.24) is 9.97 Å². The summed E-state index contributed by atoms with van der Waals surface area (Å²) in [5, 5.41) is 3.31. The summed E-state index contributed by atoms with van der Waals surface area (Å²) in [6, 6.07) is 5.79. The third-order valence-electron chi connectivity index (χ3n) is 3.56. The van der Waals surface area contributed by atoms with Crippen molar-refractivity contribution < 1.29 is 4.74 Å². The minimum absolute atomic E-state index is 0.469. The Bertz CT molecular complexity index is 686. The van der Waals surface area contributed by atoms with E-state index in [-0.39, 0.29) is 0 Å². The Labute approximate surface area is 132 Å². The van der Waals surface area contributed by atoms with E-state index in [0.29, 0.717) is 11.7 Å². The Morgan fingerprint density at radius 3 is 2.71 bits per heavy atom. The van der Waals surface area contributed by atoms with Gasteiger partial charge in [0, 0.05) is 17.2 Å². The molecule has 21 heavy (non-hydrogen) atoms. The summed E-state index contributed by atoms with van der Waals surface area (Å²) >= 11 is 3.48. The number of methoxy groups -OCH3 is 1. The molecule has 0 bridgehead atoms. The molecule has 1 aromatic heterocycles. The van der Waals surface area contributed by atoms with Crippen LogP contribution in [0.25, 0.3) is 0 Å². The first-order valence-electron chi connectivity index (χ1n) is 6.83. The molecule has 2 aromatic rings. The average molecular weight is 349 g/mol. The van der Waals surface area contributed by atoms with Crippen LogP contribution in [0.5, 0.6) is 5.75 Å². The minimum Gasteiger partial charge on any atom is -0.496 e. The van der Waals surface area contributed by atoms with Crippen molar-refractivity contribution in [2.24, 2.45) is 0 Å². The van der Waals surface area contributed by atoms with E-state index in [0.717, 1.165) is 46.0 Å². The number of nitrogens with one attached hydrogen (secondary N) is 1. The van der Waals surface area contributed by atoms with E-state index >= 15 is 0 Å². The molecule has 0 aliphatic heterocycles. The smallest absolute Gasteiger partial charge is 0.139 e. The first-order valence-corrected chi connectivity index (χ1v) is 7.62. The Morgan fingerprint density at radius 1 is 1.33 bits per heavy atom. The second kappa shape index (κ2) is 5.52. The van der Waals surface area contributed by atoms with Crippen LogP contribution in [0.4, 0.5) is 17.3 Å². The number of aromatic nitrogens is 2. The summed E-state index contributed by atoms with van der Waals surface area (Å²) in [7, 11) is 1.64. The van der Waals surface area contributed by atoms with Gasteiger partial charge in [0.15, 0.2) is 0 Å². The SMILES string of the molecule is COc1ccc(Nc2nc(C3CC3)nc(N)c2C)cc1Br. The summed E-state index contributed by atoms with van der Waals surface area (Å²) in [6.45, 7) is 1.92.